The summed E-state index contributed by atoms with van der Waals surface area (Å²) in [5.41, 5.74) is 1.20. The van der Waals surface area contributed by atoms with Gasteiger partial charge in [-0.25, -0.2) is 0 Å². The molecular weight excluding hydrogens is 138 g/mol. The summed E-state index contributed by atoms with van der Waals surface area (Å²) in [4.78, 5) is 0. The summed E-state index contributed by atoms with van der Waals surface area (Å²) in [6.07, 6.45) is 6.37. The monoisotopic (exact) mass is 149 g/mol. The van der Waals surface area contributed by atoms with E-state index in [4.69, 9.17) is 10.00 Å². The number of methoxy groups -OCH3 is 1. The van der Waals surface area contributed by atoms with Crippen LogP contribution in [0.25, 0.3) is 0 Å². The Kier molecular flexibility index (Phi) is 2.74. The van der Waals surface area contributed by atoms with Crippen LogP contribution >= 0.6 is 0 Å². The van der Waals surface area contributed by atoms with Crippen LogP contribution < -0.4 is 0 Å². The first-order valence-electron chi connectivity index (χ1n) is 3.66. The molecule has 1 aliphatic carbocycles. The average molecular weight is 149 g/mol. The molecule has 58 valence electrons. The van der Waals surface area contributed by atoms with Crippen molar-refractivity contribution in [1.82, 2.24) is 0 Å². The molecule has 11 heavy (non-hydrogen) atoms. The van der Waals surface area contributed by atoms with Crippen molar-refractivity contribution in [3.8, 4) is 6.07 Å². The Hall–Kier alpha value is -1.23. The van der Waals surface area contributed by atoms with Crippen LogP contribution in [0.1, 0.15) is 19.3 Å². The van der Waals surface area contributed by atoms with E-state index in [2.05, 4.69) is 6.07 Å². The lowest BCUT2D eigenvalue weighted by Crippen LogP contribution is -1.94. The Morgan fingerprint density at radius 2 is 2.36 bits per heavy atom. The van der Waals surface area contributed by atoms with Crippen molar-refractivity contribution in [2.45, 2.75) is 19.3 Å². The second-order valence-corrected chi connectivity index (χ2v) is 2.50. The van der Waals surface area contributed by atoms with Gasteiger partial charge >= 0.3 is 0 Å². The molecule has 0 unspecified atom stereocenters. The number of allylic oxidation sites excluding steroid dienone is 4. The fraction of sp³-hybridized carbons (Fsp3) is 0.444. The maximum atomic E-state index is 8.40. The van der Waals surface area contributed by atoms with E-state index < -0.39 is 0 Å². The maximum absolute atomic E-state index is 8.40. The Bertz CT molecular complexity index is 232. The topological polar surface area (TPSA) is 33.0 Å². The molecule has 0 radical (unpaired) electrons. The second kappa shape index (κ2) is 3.82. The molecule has 0 heterocycles. The molecule has 0 spiro atoms. The van der Waals surface area contributed by atoms with Crippen LogP contribution in [0.15, 0.2) is 23.5 Å². The number of hydrogen-bond acceptors (Lipinski definition) is 2. The van der Waals surface area contributed by atoms with Crippen LogP contribution in [0.3, 0.4) is 0 Å². The minimum absolute atomic E-state index is 0.549. The van der Waals surface area contributed by atoms with Crippen molar-refractivity contribution in [1.29, 1.82) is 5.26 Å². The molecule has 0 aliphatic heterocycles. The van der Waals surface area contributed by atoms with Gasteiger partial charge in [0.15, 0.2) is 0 Å². The van der Waals surface area contributed by atoms with Crippen molar-refractivity contribution in [2.75, 3.05) is 7.11 Å². The fourth-order valence-corrected chi connectivity index (χ4v) is 1.08. The molecule has 0 aromatic rings. The highest BCUT2D eigenvalue weighted by molar-refractivity contribution is 5.22. The van der Waals surface area contributed by atoms with Crippen LogP contribution in [0.5, 0.6) is 0 Å². The van der Waals surface area contributed by atoms with Gasteiger partial charge in [-0.05, 0) is 12.5 Å². The zero-order chi connectivity index (χ0) is 8.10. The number of rotatable bonds is 2. The van der Waals surface area contributed by atoms with E-state index in [-0.39, 0.29) is 0 Å². The van der Waals surface area contributed by atoms with Gasteiger partial charge in [-0.15, -0.1) is 0 Å². The van der Waals surface area contributed by atoms with E-state index >= 15 is 0 Å². The van der Waals surface area contributed by atoms with E-state index in [0.717, 1.165) is 18.6 Å². The van der Waals surface area contributed by atoms with E-state index in [1.165, 1.54) is 5.57 Å². The molecule has 0 bridgehead atoms. The first kappa shape index (κ1) is 7.87. The van der Waals surface area contributed by atoms with Crippen molar-refractivity contribution in [2.24, 2.45) is 0 Å². The van der Waals surface area contributed by atoms with Crippen LogP contribution in [0.2, 0.25) is 0 Å². The van der Waals surface area contributed by atoms with Crippen LogP contribution in [0, 0.1) is 11.3 Å². The number of hydrogen-bond donors (Lipinski definition) is 0. The zero-order valence-corrected chi connectivity index (χ0v) is 6.63. The van der Waals surface area contributed by atoms with Crippen molar-refractivity contribution in [3.63, 3.8) is 0 Å². The second-order valence-electron chi connectivity index (χ2n) is 2.50. The maximum Gasteiger partial charge on any atom is 0.0958 e. The third-order valence-electron chi connectivity index (χ3n) is 1.77. The third kappa shape index (κ3) is 2.12. The predicted molar refractivity (Wildman–Crippen MR) is 42.6 cm³/mol. The molecule has 0 saturated heterocycles. The summed E-state index contributed by atoms with van der Waals surface area (Å²) in [5, 5.41) is 8.40. The Labute approximate surface area is 66.8 Å². The fourth-order valence-electron chi connectivity index (χ4n) is 1.08. The quantitative estimate of drug-likeness (QED) is 0.602. The Morgan fingerprint density at radius 1 is 1.55 bits per heavy atom. The van der Waals surface area contributed by atoms with Crippen molar-refractivity contribution in [3.05, 3.63) is 23.5 Å². The molecule has 1 aliphatic rings. The van der Waals surface area contributed by atoms with Gasteiger partial charge in [0.05, 0.1) is 25.4 Å². The highest BCUT2D eigenvalue weighted by Gasteiger charge is 2.04. The molecular formula is C9H11NO. The lowest BCUT2D eigenvalue weighted by molar-refractivity contribution is 0.275. The van der Waals surface area contributed by atoms with E-state index in [1.54, 1.807) is 7.11 Å². The Morgan fingerprint density at radius 3 is 2.82 bits per heavy atom. The summed E-state index contributed by atoms with van der Waals surface area (Å²) < 4.78 is 5.05. The molecule has 0 aromatic carbocycles. The predicted octanol–water partition coefficient (Wildman–Crippen LogP) is 2.15. The number of ether oxygens (including phenoxy) is 1. The molecule has 2 nitrogen and oxygen atoms in total. The molecule has 0 aromatic heterocycles. The summed E-state index contributed by atoms with van der Waals surface area (Å²) in [6.45, 7) is 0. The lowest BCUT2D eigenvalue weighted by atomic mass is 10.0. The largest absolute Gasteiger partial charge is 0.501 e. The Balaban J connectivity index is 2.56. The highest BCUT2D eigenvalue weighted by atomic mass is 16.5. The van der Waals surface area contributed by atoms with E-state index in [1.807, 2.05) is 12.2 Å². The van der Waals surface area contributed by atoms with Crippen LogP contribution in [-0.4, -0.2) is 7.11 Å². The normalized spacial score (nSPS) is 16.4. The summed E-state index contributed by atoms with van der Waals surface area (Å²) in [7, 11) is 1.68. The summed E-state index contributed by atoms with van der Waals surface area (Å²) in [5.74, 6) is 1.01. The number of nitrogens with zero attached hydrogens (tertiary/aromatic N) is 1. The molecule has 1 rings (SSSR count). The average Bonchev–Trinajstić information content (AvgIpc) is 2.07. The SMILES string of the molecule is COC1=CC=C(CC#N)CC1. The highest BCUT2D eigenvalue weighted by Crippen LogP contribution is 2.20. The van der Waals surface area contributed by atoms with Gasteiger partial charge in [0.25, 0.3) is 0 Å². The summed E-state index contributed by atoms with van der Waals surface area (Å²) >= 11 is 0. The molecule has 0 saturated carbocycles. The zero-order valence-electron chi connectivity index (χ0n) is 6.63. The van der Waals surface area contributed by atoms with Gasteiger partial charge in [0.1, 0.15) is 0 Å². The molecule has 0 fully saturated rings. The third-order valence-corrected chi connectivity index (χ3v) is 1.77. The molecule has 0 atom stereocenters. The first-order chi connectivity index (χ1) is 5.36. The minimum atomic E-state index is 0.549. The van der Waals surface area contributed by atoms with Crippen molar-refractivity contribution >= 4 is 0 Å². The summed E-state index contributed by atoms with van der Waals surface area (Å²) in [6, 6.07) is 2.13. The van der Waals surface area contributed by atoms with E-state index in [0.29, 0.717) is 6.42 Å². The van der Waals surface area contributed by atoms with Crippen molar-refractivity contribution < 1.29 is 4.74 Å². The van der Waals surface area contributed by atoms with Crippen LogP contribution in [0.4, 0.5) is 0 Å². The minimum Gasteiger partial charge on any atom is -0.501 e. The standard InChI is InChI=1S/C9H11NO/c1-11-9-4-2-8(3-5-9)6-7-10/h2,4H,3,5-6H2,1H3. The smallest absolute Gasteiger partial charge is 0.0958 e. The molecule has 0 N–H and O–H groups in total. The molecule has 2 heteroatoms. The van der Waals surface area contributed by atoms with Gasteiger partial charge in [-0.2, -0.15) is 5.26 Å². The lowest BCUT2D eigenvalue weighted by Gasteiger charge is -2.10. The van der Waals surface area contributed by atoms with Gasteiger partial charge in [-0.1, -0.05) is 11.6 Å². The van der Waals surface area contributed by atoms with Gasteiger partial charge in [-0.3, -0.25) is 0 Å². The van der Waals surface area contributed by atoms with Gasteiger partial charge in [0.2, 0.25) is 0 Å². The van der Waals surface area contributed by atoms with Crippen LogP contribution in [-0.2, 0) is 4.74 Å². The molecule has 0 amide bonds. The van der Waals surface area contributed by atoms with Gasteiger partial charge < -0.3 is 4.74 Å². The number of nitriles is 1. The van der Waals surface area contributed by atoms with Gasteiger partial charge in [0, 0.05) is 6.42 Å². The van der Waals surface area contributed by atoms with E-state index in [9.17, 15) is 0 Å². The first-order valence-corrected chi connectivity index (χ1v) is 3.66.